The molecular formula is C47H28N4S. The summed E-state index contributed by atoms with van der Waals surface area (Å²) in [4.78, 5) is 5.78. The lowest BCUT2D eigenvalue weighted by Crippen LogP contribution is -1.96. The number of rotatable bonds is 3. The zero-order chi connectivity index (χ0) is 33.9. The first-order valence-electron chi connectivity index (χ1n) is 17.6. The van der Waals surface area contributed by atoms with Gasteiger partial charge in [-0.1, -0.05) is 84.9 Å². The summed E-state index contributed by atoms with van der Waals surface area (Å²) in [7, 11) is 0. The predicted octanol–water partition coefficient (Wildman–Crippen LogP) is 12.7. The van der Waals surface area contributed by atoms with E-state index in [4.69, 9.17) is 4.98 Å². The average Bonchev–Trinajstić information content (AvgIpc) is 3.94. The van der Waals surface area contributed by atoms with Crippen molar-refractivity contribution < 1.29 is 0 Å². The predicted molar refractivity (Wildman–Crippen MR) is 220 cm³/mol. The Bertz CT molecular complexity index is 3370. The Balaban J connectivity index is 1.10. The molecule has 0 bridgehead atoms. The van der Waals surface area contributed by atoms with Crippen LogP contribution in [0.3, 0.4) is 0 Å². The van der Waals surface area contributed by atoms with E-state index in [1.807, 2.05) is 12.3 Å². The molecule has 0 fully saturated rings. The van der Waals surface area contributed by atoms with Gasteiger partial charge in [-0.25, -0.2) is 4.98 Å². The third kappa shape index (κ3) is 3.72. The van der Waals surface area contributed by atoms with E-state index >= 15 is 0 Å². The minimum absolute atomic E-state index is 1.07. The van der Waals surface area contributed by atoms with Crippen molar-refractivity contribution in [2.24, 2.45) is 0 Å². The summed E-state index contributed by atoms with van der Waals surface area (Å²) >= 11 is 1.77. The summed E-state index contributed by atoms with van der Waals surface area (Å²) in [5, 5.41) is 9.96. The number of aromatic nitrogens is 4. The molecule has 0 aliphatic heterocycles. The third-order valence-electron chi connectivity index (χ3n) is 10.9. The number of para-hydroxylation sites is 4. The minimum atomic E-state index is 1.07. The van der Waals surface area contributed by atoms with Crippen molar-refractivity contribution in [3.63, 3.8) is 0 Å². The average molecular weight is 681 g/mol. The molecule has 0 spiro atoms. The van der Waals surface area contributed by atoms with Crippen LogP contribution in [0.2, 0.25) is 0 Å². The number of fused-ring (bicyclic) bond motifs is 12. The van der Waals surface area contributed by atoms with Crippen LogP contribution in [-0.2, 0) is 0 Å². The molecular weight excluding hydrogens is 653 g/mol. The van der Waals surface area contributed by atoms with Crippen LogP contribution in [0.4, 0.5) is 0 Å². The Labute approximate surface area is 301 Å². The lowest BCUT2D eigenvalue weighted by atomic mass is 10.1. The van der Waals surface area contributed by atoms with Gasteiger partial charge in [0, 0.05) is 60.7 Å². The van der Waals surface area contributed by atoms with Gasteiger partial charge in [0.1, 0.15) is 4.83 Å². The number of nitrogens with zero attached hydrogens (tertiary/aromatic N) is 4. The number of hydrogen-bond acceptors (Lipinski definition) is 2. The van der Waals surface area contributed by atoms with Crippen molar-refractivity contribution in [3.8, 4) is 17.1 Å². The second kappa shape index (κ2) is 10.4. The van der Waals surface area contributed by atoms with Crippen LogP contribution in [0.25, 0.3) is 103 Å². The van der Waals surface area contributed by atoms with Crippen LogP contribution in [0, 0.1) is 0 Å². The highest BCUT2D eigenvalue weighted by Crippen LogP contribution is 2.42. The molecule has 12 aromatic rings. The lowest BCUT2D eigenvalue weighted by Gasteiger charge is -2.12. The van der Waals surface area contributed by atoms with E-state index in [2.05, 4.69) is 171 Å². The van der Waals surface area contributed by atoms with E-state index < -0.39 is 0 Å². The summed E-state index contributed by atoms with van der Waals surface area (Å²) < 4.78 is 8.54. The number of pyridine rings is 1. The first-order valence-corrected chi connectivity index (χ1v) is 18.5. The fourth-order valence-electron chi connectivity index (χ4n) is 8.73. The monoisotopic (exact) mass is 680 g/mol. The molecule has 0 unspecified atom stereocenters. The number of benzene rings is 7. The molecule has 0 aliphatic rings. The van der Waals surface area contributed by atoms with Gasteiger partial charge < -0.3 is 13.7 Å². The molecule has 0 N–H and O–H groups in total. The van der Waals surface area contributed by atoms with Gasteiger partial charge in [0.05, 0.1) is 43.5 Å². The Hall–Kier alpha value is -6.69. The molecule has 0 atom stereocenters. The zero-order valence-corrected chi connectivity index (χ0v) is 28.7. The van der Waals surface area contributed by atoms with Gasteiger partial charge in [0.2, 0.25) is 0 Å². The van der Waals surface area contributed by atoms with Gasteiger partial charge >= 0.3 is 0 Å². The Morgan fingerprint density at radius 2 is 0.788 bits per heavy atom. The third-order valence-corrected chi connectivity index (χ3v) is 12.1. The molecule has 5 aromatic heterocycles. The zero-order valence-electron chi connectivity index (χ0n) is 27.9. The maximum absolute atomic E-state index is 4.71. The van der Waals surface area contributed by atoms with Gasteiger partial charge in [0.15, 0.2) is 0 Å². The summed E-state index contributed by atoms with van der Waals surface area (Å²) in [5.74, 6) is 0. The Morgan fingerprint density at radius 3 is 1.37 bits per heavy atom. The summed E-state index contributed by atoms with van der Waals surface area (Å²) in [6.45, 7) is 0. The highest BCUT2D eigenvalue weighted by Gasteiger charge is 2.20. The Kier molecular flexibility index (Phi) is 5.62. The first-order chi connectivity index (χ1) is 25.8. The molecule has 52 heavy (non-hydrogen) atoms. The fourth-order valence-corrected chi connectivity index (χ4v) is 9.88. The Morgan fingerprint density at radius 1 is 0.346 bits per heavy atom. The quantitative estimate of drug-likeness (QED) is 0.182. The molecule has 0 amide bonds. The maximum atomic E-state index is 4.71. The molecule has 12 rings (SSSR count). The second-order valence-corrected chi connectivity index (χ2v) is 14.6. The first kappa shape index (κ1) is 28.1. The molecule has 0 saturated heterocycles. The van der Waals surface area contributed by atoms with Crippen LogP contribution in [0.1, 0.15) is 0 Å². The smallest absolute Gasteiger partial charge is 0.124 e. The van der Waals surface area contributed by atoms with Crippen molar-refractivity contribution in [3.05, 3.63) is 170 Å². The van der Waals surface area contributed by atoms with E-state index in [0.717, 1.165) is 16.2 Å². The number of thiophene rings is 1. The topological polar surface area (TPSA) is 27.7 Å². The van der Waals surface area contributed by atoms with E-state index in [1.54, 1.807) is 11.3 Å². The lowest BCUT2D eigenvalue weighted by molar-refractivity contribution is 1.16. The summed E-state index contributed by atoms with van der Waals surface area (Å²) in [5.41, 5.74) is 10.7. The minimum Gasteiger partial charge on any atom is -0.309 e. The van der Waals surface area contributed by atoms with Gasteiger partial charge in [-0.15, -0.1) is 11.3 Å². The fraction of sp³-hybridized carbons (Fsp3) is 0. The molecule has 0 saturated carbocycles. The summed E-state index contributed by atoms with van der Waals surface area (Å²) in [6.07, 6.45) is 1.89. The molecule has 5 heterocycles. The molecule has 4 nitrogen and oxygen atoms in total. The van der Waals surface area contributed by atoms with Gasteiger partial charge in [-0.2, -0.15) is 0 Å². The van der Waals surface area contributed by atoms with Crippen LogP contribution in [0.15, 0.2) is 170 Å². The molecule has 7 aromatic carbocycles. The second-order valence-electron chi connectivity index (χ2n) is 13.6. The van der Waals surface area contributed by atoms with E-state index in [1.165, 1.54) is 86.6 Å². The molecule has 5 heteroatoms. The van der Waals surface area contributed by atoms with Crippen LogP contribution >= 0.6 is 11.3 Å². The van der Waals surface area contributed by atoms with E-state index in [9.17, 15) is 0 Å². The largest absolute Gasteiger partial charge is 0.309 e. The van der Waals surface area contributed by atoms with Crippen molar-refractivity contribution in [1.82, 2.24) is 18.7 Å². The highest BCUT2D eigenvalue weighted by molar-refractivity contribution is 7.25. The number of hydrogen-bond donors (Lipinski definition) is 0. The van der Waals surface area contributed by atoms with E-state index in [0.29, 0.717) is 0 Å². The van der Waals surface area contributed by atoms with Gasteiger partial charge in [-0.05, 0) is 78.9 Å². The standard InChI is InChI=1S/C47H28N4S/c1-5-17-39-31(11-1)32-12-2-6-18-40(32)49(39)29-22-24-43-37(27-29)33-13-3-7-19-41(33)50(43)30-23-25-44-38(28-30)34-14-4-8-20-42(34)51(44)45-21-9-15-35-36-16-10-26-48-47(36)52-46(35)45/h1-28H. The van der Waals surface area contributed by atoms with Crippen LogP contribution in [0.5, 0.6) is 0 Å². The van der Waals surface area contributed by atoms with Crippen molar-refractivity contribution >= 4 is 97.1 Å². The van der Waals surface area contributed by atoms with Crippen molar-refractivity contribution in [2.45, 2.75) is 0 Å². The van der Waals surface area contributed by atoms with E-state index in [-0.39, 0.29) is 0 Å². The van der Waals surface area contributed by atoms with Crippen molar-refractivity contribution in [1.29, 1.82) is 0 Å². The van der Waals surface area contributed by atoms with Gasteiger partial charge in [0.25, 0.3) is 0 Å². The van der Waals surface area contributed by atoms with Crippen molar-refractivity contribution in [2.75, 3.05) is 0 Å². The maximum Gasteiger partial charge on any atom is 0.124 e. The van der Waals surface area contributed by atoms with Crippen LogP contribution < -0.4 is 0 Å². The normalized spacial score (nSPS) is 12.2. The SMILES string of the molecule is c1cnc2sc3c(-n4c5ccccc5c5cc(-n6c7ccccc7c7cc(-n8c9ccccc9c9ccccc98)ccc76)ccc54)cccc3c2c1. The molecule has 0 aliphatic carbocycles. The van der Waals surface area contributed by atoms with Gasteiger partial charge in [-0.3, -0.25) is 0 Å². The van der Waals surface area contributed by atoms with Crippen LogP contribution in [-0.4, -0.2) is 18.7 Å². The highest BCUT2D eigenvalue weighted by atomic mass is 32.1. The molecule has 242 valence electrons. The molecule has 0 radical (unpaired) electrons. The summed E-state index contributed by atoms with van der Waals surface area (Å²) in [6, 6.07) is 59.9.